The van der Waals surface area contributed by atoms with Gasteiger partial charge in [0.25, 0.3) is 0 Å². The molecule has 0 radical (unpaired) electrons. The normalized spacial score (nSPS) is 12.1. The third-order valence-electron chi connectivity index (χ3n) is 7.35. The van der Waals surface area contributed by atoms with E-state index in [0.717, 1.165) is 38.5 Å². The lowest BCUT2D eigenvalue weighted by atomic mass is 10.0. The van der Waals surface area contributed by atoms with Crippen molar-refractivity contribution < 1.29 is 19.4 Å². The van der Waals surface area contributed by atoms with Gasteiger partial charge in [0.1, 0.15) is 0 Å². The number of carbonyl (C=O) groups excluding carboxylic acids is 1. The molecule has 0 rings (SSSR count). The Morgan fingerprint density at radius 1 is 0.500 bits per heavy atom. The molecule has 0 heterocycles. The number of carboxylic acid groups (broad SMARTS) is 1. The summed E-state index contributed by atoms with van der Waals surface area (Å²) in [5, 5.41) is 9.38. The van der Waals surface area contributed by atoms with Gasteiger partial charge < -0.3 is 9.84 Å². The highest BCUT2D eigenvalue weighted by Gasteiger charge is 2.21. The average Bonchev–Trinajstić information content (AvgIpc) is 2.86. The first kappa shape index (κ1) is 34.9. The fourth-order valence-electron chi connectivity index (χ4n) is 4.91. The molecule has 4 nitrogen and oxygen atoms in total. The summed E-state index contributed by atoms with van der Waals surface area (Å²) in [6, 6.07) is 0. The van der Waals surface area contributed by atoms with Gasteiger partial charge in [-0.3, -0.25) is 4.79 Å². The molecule has 0 aliphatic carbocycles. The summed E-state index contributed by atoms with van der Waals surface area (Å²) in [5.41, 5.74) is 0. The van der Waals surface area contributed by atoms with Crippen LogP contribution in [-0.2, 0) is 14.3 Å². The van der Waals surface area contributed by atoms with Crippen LogP contribution in [0.4, 0.5) is 0 Å². The SMILES string of the molecule is CCCCCCCCCCCCCCCCCCCCC(OC(=O)CCCCCCCCC)C(=O)O. The van der Waals surface area contributed by atoms with Gasteiger partial charge in [-0.1, -0.05) is 162 Å². The van der Waals surface area contributed by atoms with E-state index in [9.17, 15) is 14.7 Å². The van der Waals surface area contributed by atoms with Gasteiger partial charge in [0.05, 0.1) is 0 Å². The highest BCUT2D eigenvalue weighted by Crippen LogP contribution is 2.16. The molecule has 0 bridgehead atoms. The third kappa shape index (κ3) is 26.0. The Morgan fingerprint density at radius 2 is 0.806 bits per heavy atom. The number of unbranched alkanes of at least 4 members (excludes halogenated alkanes) is 23. The first-order valence-electron chi connectivity index (χ1n) is 16.0. The molecule has 0 aliphatic heterocycles. The van der Waals surface area contributed by atoms with Crippen LogP contribution in [0.5, 0.6) is 0 Å². The van der Waals surface area contributed by atoms with Crippen LogP contribution in [-0.4, -0.2) is 23.1 Å². The molecule has 1 unspecified atom stereocenters. The Kier molecular flexibility index (Phi) is 27.7. The topological polar surface area (TPSA) is 63.6 Å². The second-order valence-corrected chi connectivity index (χ2v) is 11.0. The lowest BCUT2D eigenvalue weighted by Crippen LogP contribution is -2.27. The van der Waals surface area contributed by atoms with E-state index in [1.807, 2.05) is 0 Å². The summed E-state index contributed by atoms with van der Waals surface area (Å²) in [4.78, 5) is 23.4. The van der Waals surface area contributed by atoms with Gasteiger partial charge >= 0.3 is 11.9 Å². The number of carbonyl (C=O) groups is 2. The highest BCUT2D eigenvalue weighted by atomic mass is 16.6. The van der Waals surface area contributed by atoms with Crippen LogP contribution in [0, 0.1) is 0 Å². The van der Waals surface area contributed by atoms with Crippen molar-refractivity contribution in [2.75, 3.05) is 0 Å². The molecule has 0 fully saturated rings. The van der Waals surface area contributed by atoms with Gasteiger partial charge in [0.15, 0.2) is 6.10 Å². The number of esters is 1. The largest absolute Gasteiger partial charge is 0.479 e. The van der Waals surface area contributed by atoms with Crippen molar-refractivity contribution in [2.45, 2.75) is 193 Å². The molecule has 1 N–H and O–H groups in total. The van der Waals surface area contributed by atoms with Gasteiger partial charge in [0, 0.05) is 6.42 Å². The van der Waals surface area contributed by atoms with Crippen LogP contribution in [0.1, 0.15) is 187 Å². The molecular formula is C32H62O4. The molecule has 36 heavy (non-hydrogen) atoms. The molecule has 0 amide bonds. The molecule has 0 aromatic carbocycles. The quantitative estimate of drug-likeness (QED) is 0.0802. The zero-order chi connectivity index (χ0) is 26.5. The maximum atomic E-state index is 12.0. The van der Waals surface area contributed by atoms with Crippen LogP contribution in [0.3, 0.4) is 0 Å². The molecule has 0 saturated carbocycles. The van der Waals surface area contributed by atoms with Crippen LogP contribution in [0.2, 0.25) is 0 Å². The van der Waals surface area contributed by atoms with Crippen molar-refractivity contribution in [1.82, 2.24) is 0 Å². The summed E-state index contributed by atoms with van der Waals surface area (Å²) >= 11 is 0. The number of rotatable bonds is 29. The molecular weight excluding hydrogens is 448 g/mol. The van der Waals surface area contributed by atoms with Crippen LogP contribution < -0.4 is 0 Å². The summed E-state index contributed by atoms with van der Waals surface area (Å²) in [6.07, 6.45) is 31.5. The van der Waals surface area contributed by atoms with E-state index in [4.69, 9.17) is 4.74 Å². The van der Waals surface area contributed by atoms with Gasteiger partial charge in [0.2, 0.25) is 0 Å². The lowest BCUT2D eigenvalue weighted by molar-refractivity contribution is -0.164. The smallest absolute Gasteiger partial charge is 0.345 e. The zero-order valence-electron chi connectivity index (χ0n) is 24.3. The second kappa shape index (κ2) is 28.5. The van der Waals surface area contributed by atoms with E-state index in [1.165, 1.54) is 122 Å². The van der Waals surface area contributed by atoms with Crippen LogP contribution in [0.25, 0.3) is 0 Å². The average molecular weight is 511 g/mol. The Balaban J connectivity index is 3.48. The highest BCUT2D eigenvalue weighted by molar-refractivity contribution is 5.77. The monoisotopic (exact) mass is 510 g/mol. The number of hydrogen-bond acceptors (Lipinski definition) is 3. The van der Waals surface area contributed by atoms with E-state index in [-0.39, 0.29) is 5.97 Å². The maximum absolute atomic E-state index is 12.0. The minimum Gasteiger partial charge on any atom is -0.479 e. The molecule has 214 valence electrons. The van der Waals surface area contributed by atoms with Crippen molar-refractivity contribution in [3.05, 3.63) is 0 Å². The standard InChI is InChI=1S/C32H62O4/c1-3-5-7-9-11-12-13-14-15-16-17-18-19-20-21-23-24-26-28-30(32(34)35)36-31(33)29-27-25-22-10-8-6-4-2/h30H,3-29H2,1-2H3,(H,34,35). The molecule has 0 aromatic rings. The maximum Gasteiger partial charge on any atom is 0.345 e. The van der Waals surface area contributed by atoms with Crippen molar-refractivity contribution >= 4 is 11.9 Å². The summed E-state index contributed by atoms with van der Waals surface area (Å²) < 4.78 is 5.25. The predicted octanol–water partition coefficient (Wildman–Crippen LogP) is 10.6. The van der Waals surface area contributed by atoms with E-state index >= 15 is 0 Å². The van der Waals surface area contributed by atoms with E-state index in [1.54, 1.807) is 0 Å². The van der Waals surface area contributed by atoms with Crippen molar-refractivity contribution in [2.24, 2.45) is 0 Å². The van der Waals surface area contributed by atoms with E-state index in [2.05, 4.69) is 13.8 Å². The van der Waals surface area contributed by atoms with E-state index in [0.29, 0.717) is 12.8 Å². The van der Waals surface area contributed by atoms with Crippen molar-refractivity contribution in [3.8, 4) is 0 Å². The van der Waals surface area contributed by atoms with Crippen LogP contribution in [0.15, 0.2) is 0 Å². The second-order valence-electron chi connectivity index (χ2n) is 11.0. The molecule has 4 heteroatoms. The number of aliphatic carboxylic acids is 1. The summed E-state index contributed by atoms with van der Waals surface area (Å²) in [6.45, 7) is 4.48. The van der Waals surface area contributed by atoms with Gasteiger partial charge in [-0.25, -0.2) is 4.79 Å². The number of ether oxygens (including phenoxy) is 1. The Morgan fingerprint density at radius 3 is 1.14 bits per heavy atom. The minimum atomic E-state index is -1.00. The molecule has 0 saturated heterocycles. The zero-order valence-corrected chi connectivity index (χ0v) is 24.3. The molecule has 1 atom stereocenters. The minimum absolute atomic E-state index is 0.344. The first-order valence-corrected chi connectivity index (χ1v) is 16.0. The Bertz CT molecular complexity index is 477. The van der Waals surface area contributed by atoms with Crippen LogP contribution >= 0.6 is 0 Å². The summed E-state index contributed by atoms with van der Waals surface area (Å²) in [7, 11) is 0. The third-order valence-corrected chi connectivity index (χ3v) is 7.35. The molecule has 0 aliphatic rings. The summed E-state index contributed by atoms with van der Waals surface area (Å²) in [5.74, 6) is -1.35. The Labute approximate surface area is 224 Å². The first-order chi connectivity index (χ1) is 17.6. The van der Waals surface area contributed by atoms with Gasteiger partial charge in [-0.15, -0.1) is 0 Å². The van der Waals surface area contributed by atoms with E-state index < -0.39 is 12.1 Å². The fourth-order valence-corrected chi connectivity index (χ4v) is 4.91. The number of carboxylic acids is 1. The molecule has 0 spiro atoms. The lowest BCUT2D eigenvalue weighted by Gasteiger charge is -2.13. The van der Waals surface area contributed by atoms with Gasteiger partial charge in [-0.05, 0) is 19.3 Å². The Hall–Kier alpha value is -1.06. The van der Waals surface area contributed by atoms with Crippen molar-refractivity contribution in [3.63, 3.8) is 0 Å². The predicted molar refractivity (Wildman–Crippen MR) is 154 cm³/mol. The number of hydrogen-bond donors (Lipinski definition) is 1. The molecule has 0 aromatic heterocycles. The van der Waals surface area contributed by atoms with Gasteiger partial charge in [-0.2, -0.15) is 0 Å². The fraction of sp³-hybridized carbons (Fsp3) is 0.938. The van der Waals surface area contributed by atoms with Crippen molar-refractivity contribution in [1.29, 1.82) is 0 Å².